The van der Waals surface area contributed by atoms with Crippen LogP contribution in [0.15, 0.2) is 35.7 Å². The van der Waals surface area contributed by atoms with Crippen molar-refractivity contribution in [3.8, 4) is 0 Å². The van der Waals surface area contributed by atoms with Gasteiger partial charge < -0.3 is 40.1 Å². The van der Waals surface area contributed by atoms with Crippen molar-refractivity contribution in [3.05, 3.63) is 52.0 Å². The Labute approximate surface area is 381 Å². The zero-order chi connectivity index (χ0) is 47.1. The Bertz CT molecular complexity index is 1750. The molecule has 15 nitrogen and oxygen atoms in total. The topological polar surface area (TPSA) is 166 Å². The van der Waals surface area contributed by atoms with Gasteiger partial charge >= 0.3 is 0 Å². The van der Waals surface area contributed by atoms with Gasteiger partial charge in [0, 0.05) is 53.3 Å². The summed E-state index contributed by atoms with van der Waals surface area (Å²) >= 11 is 1.34. The number of ether oxygens (including phenoxy) is 2. The van der Waals surface area contributed by atoms with Crippen LogP contribution in [0.25, 0.3) is 0 Å². The molecule has 1 saturated heterocycles. The molecule has 0 aliphatic carbocycles. The molecule has 0 bridgehead atoms. The lowest BCUT2D eigenvalue weighted by molar-refractivity contribution is -0.148. The summed E-state index contributed by atoms with van der Waals surface area (Å²) in [6.07, 6.45) is 1.34. The van der Waals surface area contributed by atoms with Gasteiger partial charge in [-0.25, -0.2) is 4.98 Å². The summed E-state index contributed by atoms with van der Waals surface area (Å²) in [5, 5.41) is 11.7. The highest BCUT2D eigenvalue weighted by molar-refractivity contribution is 7.09. The summed E-state index contributed by atoms with van der Waals surface area (Å²) in [5.41, 5.74) is 1.33. The van der Waals surface area contributed by atoms with Crippen LogP contribution in [0.5, 0.6) is 0 Å². The zero-order valence-corrected chi connectivity index (χ0v) is 41.3. The van der Waals surface area contributed by atoms with Crippen molar-refractivity contribution in [1.82, 2.24) is 40.5 Å². The molecule has 3 N–H and O–H groups in total. The fourth-order valence-electron chi connectivity index (χ4n) is 8.89. The lowest BCUT2D eigenvalue weighted by atomic mass is 9.89. The molecule has 5 amide bonds. The van der Waals surface area contributed by atoms with Crippen molar-refractivity contribution < 1.29 is 33.4 Å². The maximum atomic E-state index is 14.4. The number of hydrogen-bond acceptors (Lipinski definition) is 11. The van der Waals surface area contributed by atoms with Gasteiger partial charge in [-0.15, -0.1) is 11.3 Å². The van der Waals surface area contributed by atoms with Gasteiger partial charge in [-0.2, -0.15) is 0 Å². The molecular weight excluding hydrogens is 821 g/mol. The summed E-state index contributed by atoms with van der Waals surface area (Å²) < 4.78 is 12.2. The summed E-state index contributed by atoms with van der Waals surface area (Å²) in [6.45, 7) is 15.4. The summed E-state index contributed by atoms with van der Waals surface area (Å²) in [6, 6.07) is 7.29. The molecule has 0 radical (unpaired) electrons. The van der Waals surface area contributed by atoms with E-state index in [1.54, 1.807) is 43.5 Å². The number of benzene rings is 1. The minimum Gasteiger partial charge on any atom is -0.379 e. The lowest BCUT2D eigenvalue weighted by Gasteiger charge is -2.41. The molecule has 2 aromatic rings. The average Bonchev–Trinajstić information content (AvgIpc) is 3.95. The van der Waals surface area contributed by atoms with Gasteiger partial charge in [-0.3, -0.25) is 28.9 Å². The Morgan fingerprint density at radius 2 is 1.59 bits per heavy atom. The van der Waals surface area contributed by atoms with E-state index in [4.69, 9.17) is 14.5 Å². The largest absolute Gasteiger partial charge is 0.379 e. The molecule has 354 valence electrons. The molecule has 16 heteroatoms. The number of methoxy groups -OCH3 is 2. The van der Waals surface area contributed by atoms with Crippen molar-refractivity contribution in [2.24, 2.45) is 23.7 Å². The minimum absolute atomic E-state index is 0.0137. The molecule has 0 saturated carbocycles. The van der Waals surface area contributed by atoms with Crippen molar-refractivity contribution >= 4 is 40.9 Å². The van der Waals surface area contributed by atoms with Crippen molar-refractivity contribution in [2.75, 3.05) is 69.1 Å². The van der Waals surface area contributed by atoms with Crippen LogP contribution >= 0.6 is 11.3 Å². The molecule has 2 heterocycles. The minimum atomic E-state index is -0.774. The molecule has 63 heavy (non-hydrogen) atoms. The van der Waals surface area contributed by atoms with Gasteiger partial charge in [0.2, 0.25) is 23.6 Å². The average molecular weight is 899 g/mol. The van der Waals surface area contributed by atoms with Crippen LogP contribution in [0.4, 0.5) is 0 Å². The predicted octanol–water partition coefficient (Wildman–Crippen LogP) is 4.48. The van der Waals surface area contributed by atoms with Crippen molar-refractivity contribution in [2.45, 2.75) is 123 Å². The van der Waals surface area contributed by atoms with Gasteiger partial charge in [-0.05, 0) is 63.7 Å². The van der Waals surface area contributed by atoms with Gasteiger partial charge in [0.1, 0.15) is 16.7 Å². The van der Waals surface area contributed by atoms with Gasteiger partial charge in [0.25, 0.3) is 5.91 Å². The second kappa shape index (κ2) is 25.5. The first-order valence-corrected chi connectivity index (χ1v) is 23.5. The third-order valence-corrected chi connectivity index (χ3v) is 13.6. The monoisotopic (exact) mass is 899 g/mol. The van der Waals surface area contributed by atoms with Gasteiger partial charge in [0.15, 0.2) is 0 Å². The molecule has 1 aliphatic heterocycles. The number of carbonyl (C=O) groups is 5. The summed E-state index contributed by atoms with van der Waals surface area (Å²) in [5.74, 6) is -1.86. The van der Waals surface area contributed by atoms with E-state index in [2.05, 4.69) is 16.0 Å². The molecular formula is C47H78N8O7S. The standard InChI is InChI=1S/C47H78N8O7S/c1-15-31(6)41(54(12)47(60)39(29(2)3)51-44(58)40(30(4)5)52(9)10)37(61-13)27-38(56)55-24-19-22-36(55)42(62-14)32(7)43(57)49-34(26-33-20-17-16-18-21-33)45-50-35(28-63-45)46(59)53(11)25-23-48-8/h16-18,20-21,28-32,34,36-37,39-42,48H,15,19,22-27H2,1-14H3,(H,49,57)(H,51,58)/t31-,32+,34-,36-,37+,39-,40-,41-,42+/m0/s1. The fraction of sp³-hybridized carbons (Fsp3) is 0.702. The van der Waals surface area contributed by atoms with Crippen LogP contribution in [0, 0.1) is 23.7 Å². The fourth-order valence-corrected chi connectivity index (χ4v) is 9.73. The highest BCUT2D eigenvalue weighted by Gasteiger charge is 2.43. The van der Waals surface area contributed by atoms with Gasteiger partial charge in [-0.1, -0.05) is 85.2 Å². The first-order valence-electron chi connectivity index (χ1n) is 22.6. The predicted molar refractivity (Wildman–Crippen MR) is 249 cm³/mol. The highest BCUT2D eigenvalue weighted by atomic mass is 32.1. The van der Waals surface area contributed by atoms with Crippen LogP contribution in [0.1, 0.15) is 101 Å². The number of nitrogens with zero attached hydrogens (tertiary/aromatic N) is 5. The first-order chi connectivity index (χ1) is 29.8. The SMILES string of the molecule is CC[C@H](C)[C@@H]([C@@H](CC(=O)N1CCC[C@H]1[C@H](OC)[C@@H](C)C(=O)N[C@@H](Cc1ccccc1)c1nc(C(=O)N(C)CCNC)cs1)OC)N(C)C(=O)[C@@H](NC(=O)[C@H](C(C)C)N(C)C)C(C)C. The normalized spacial score (nSPS) is 18.0. The number of likely N-dealkylation sites (N-methyl/N-ethyl adjacent to an activating group) is 4. The lowest BCUT2D eigenvalue weighted by Crippen LogP contribution is -2.59. The van der Waals surface area contributed by atoms with Crippen molar-refractivity contribution in [3.63, 3.8) is 0 Å². The number of likely N-dealkylation sites (tertiary alicyclic amines) is 1. The first kappa shape index (κ1) is 53.4. The zero-order valence-electron chi connectivity index (χ0n) is 40.5. The second-order valence-corrected chi connectivity index (χ2v) is 19.0. The third kappa shape index (κ3) is 14.3. The Kier molecular flexibility index (Phi) is 21.6. The highest BCUT2D eigenvalue weighted by Crippen LogP contribution is 2.31. The number of rotatable bonds is 25. The van der Waals surface area contributed by atoms with E-state index in [1.165, 1.54) is 11.3 Å². The Morgan fingerprint density at radius 1 is 0.921 bits per heavy atom. The molecule has 1 fully saturated rings. The van der Waals surface area contributed by atoms with E-state index in [0.29, 0.717) is 43.2 Å². The molecule has 1 aromatic carbocycles. The molecule has 1 aliphatic rings. The number of thiazole rings is 1. The third-order valence-electron chi connectivity index (χ3n) is 12.6. The number of hydrogen-bond donors (Lipinski definition) is 3. The number of carbonyl (C=O) groups excluding carboxylic acids is 5. The molecule has 9 atom stereocenters. The van der Waals surface area contributed by atoms with E-state index in [-0.39, 0.29) is 59.8 Å². The number of nitrogens with one attached hydrogen (secondary N) is 3. The van der Waals surface area contributed by atoms with Crippen LogP contribution < -0.4 is 16.0 Å². The van der Waals surface area contributed by atoms with Crippen LogP contribution in [0.3, 0.4) is 0 Å². The van der Waals surface area contributed by atoms with E-state index in [0.717, 1.165) is 18.4 Å². The summed E-state index contributed by atoms with van der Waals surface area (Å²) in [7, 11) is 12.2. The Hall–Kier alpha value is -3.96. The van der Waals surface area contributed by atoms with E-state index in [9.17, 15) is 24.0 Å². The molecule has 3 rings (SSSR count). The van der Waals surface area contributed by atoms with Crippen LogP contribution in [0.2, 0.25) is 0 Å². The number of aromatic nitrogens is 1. The van der Waals surface area contributed by atoms with E-state index >= 15 is 0 Å². The molecule has 0 spiro atoms. The Balaban J connectivity index is 1.83. The van der Waals surface area contributed by atoms with Gasteiger partial charge in [0.05, 0.1) is 48.7 Å². The smallest absolute Gasteiger partial charge is 0.273 e. The van der Waals surface area contributed by atoms with Crippen molar-refractivity contribution in [1.29, 1.82) is 0 Å². The second-order valence-electron chi connectivity index (χ2n) is 18.1. The van der Waals surface area contributed by atoms with E-state index < -0.39 is 42.3 Å². The molecule has 1 aromatic heterocycles. The molecule has 0 unspecified atom stereocenters. The van der Waals surface area contributed by atoms with Crippen LogP contribution in [-0.2, 0) is 35.1 Å². The Morgan fingerprint density at radius 3 is 2.14 bits per heavy atom. The maximum absolute atomic E-state index is 14.4. The maximum Gasteiger partial charge on any atom is 0.273 e. The number of amides is 5. The summed E-state index contributed by atoms with van der Waals surface area (Å²) in [4.78, 5) is 81.5. The van der Waals surface area contributed by atoms with Crippen LogP contribution in [-0.4, -0.2) is 160 Å². The quantitative estimate of drug-likeness (QED) is 0.130. The van der Waals surface area contributed by atoms with E-state index in [1.807, 2.05) is 110 Å².